The number of hydrogen-bond donors (Lipinski definition) is 1. The summed E-state index contributed by atoms with van der Waals surface area (Å²) in [4.78, 5) is 4.04. The van der Waals surface area contributed by atoms with Crippen molar-refractivity contribution in [2.75, 3.05) is 5.73 Å². The van der Waals surface area contributed by atoms with Gasteiger partial charge in [-0.1, -0.05) is 20.8 Å². The summed E-state index contributed by atoms with van der Waals surface area (Å²) in [5.41, 5.74) is 7.81. The van der Waals surface area contributed by atoms with Crippen LogP contribution < -0.4 is 5.73 Å². The van der Waals surface area contributed by atoms with Crippen molar-refractivity contribution < 1.29 is 4.74 Å². The van der Waals surface area contributed by atoms with Crippen LogP contribution in [0, 0.1) is 17.8 Å². The third kappa shape index (κ3) is 2.16. The molecule has 0 aliphatic carbocycles. The molecule has 3 heteroatoms. The minimum Gasteiger partial charge on any atom is -0.397 e. The molecular formula is C14H22N2O. The minimum atomic E-state index is 0.0965. The molecule has 0 bridgehead atoms. The molecule has 0 amide bonds. The van der Waals surface area contributed by atoms with Crippen LogP contribution in [0.1, 0.15) is 39.4 Å². The summed E-state index contributed by atoms with van der Waals surface area (Å²) in [7, 11) is 0. The summed E-state index contributed by atoms with van der Waals surface area (Å²) >= 11 is 0. The molecule has 1 fully saturated rings. The molecule has 1 aromatic rings. The highest BCUT2D eigenvalue weighted by Crippen LogP contribution is 2.43. The molecule has 1 saturated heterocycles. The van der Waals surface area contributed by atoms with Gasteiger partial charge in [0.25, 0.3) is 0 Å². The van der Waals surface area contributed by atoms with Gasteiger partial charge >= 0.3 is 0 Å². The van der Waals surface area contributed by atoms with Crippen LogP contribution in [0.25, 0.3) is 0 Å². The first-order valence-corrected chi connectivity index (χ1v) is 6.37. The molecule has 1 aliphatic heterocycles. The Morgan fingerprint density at radius 1 is 1.12 bits per heavy atom. The zero-order valence-electron chi connectivity index (χ0n) is 11.1. The van der Waals surface area contributed by atoms with Crippen molar-refractivity contribution in [1.29, 1.82) is 0 Å². The number of aromatic nitrogens is 1. The van der Waals surface area contributed by atoms with Crippen molar-refractivity contribution in [3.8, 4) is 0 Å². The smallest absolute Gasteiger partial charge is 0.0877 e. The van der Waals surface area contributed by atoms with Gasteiger partial charge < -0.3 is 10.5 Å². The van der Waals surface area contributed by atoms with Gasteiger partial charge in [0.1, 0.15) is 0 Å². The van der Waals surface area contributed by atoms with Crippen LogP contribution in [0.5, 0.6) is 0 Å². The largest absolute Gasteiger partial charge is 0.397 e. The molecular weight excluding hydrogens is 212 g/mol. The van der Waals surface area contributed by atoms with Crippen LogP contribution >= 0.6 is 0 Å². The van der Waals surface area contributed by atoms with E-state index in [1.807, 2.05) is 6.07 Å². The number of nitrogens with two attached hydrogens (primary N) is 1. The molecule has 0 unspecified atom stereocenters. The van der Waals surface area contributed by atoms with E-state index < -0.39 is 0 Å². The SMILES string of the molecule is C[C@H]1[C@H](C)[C@@H](C)O[C@@H](c2ccncc2N)[C@H]1C. The molecule has 0 saturated carbocycles. The Morgan fingerprint density at radius 2 is 1.82 bits per heavy atom. The van der Waals surface area contributed by atoms with E-state index in [4.69, 9.17) is 10.5 Å². The third-order valence-electron chi connectivity index (χ3n) is 4.43. The lowest BCUT2D eigenvalue weighted by molar-refractivity contribution is -0.127. The highest BCUT2D eigenvalue weighted by Gasteiger charge is 2.38. The molecule has 1 aliphatic rings. The molecule has 17 heavy (non-hydrogen) atoms. The summed E-state index contributed by atoms with van der Waals surface area (Å²) in [5.74, 6) is 1.70. The predicted molar refractivity (Wildman–Crippen MR) is 69.4 cm³/mol. The fourth-order valence-corrected chi connectivity index (χ4v) is 2.69. The number of anilines is 1. The van der Waals surface area contributed by atoms with Crippen molar-refractivity contribution in [1.82, 2.24) is 4.98 Å². The van der Waals surface area contributed by atoms with E-state index in [-0.39, 0.29) is 12.2 Å². The molecule has 5 atom stereocenters. The maximum Gasteiger partial charge on any atom is 0.0877 e. The summed E-state index contributed by atoms with van der Waals surface area (Å²) in [6, 6.07) is 1.98. The van der Waals surface area contributed by atoms with Crippen LogP contribution in [-0.4, -0.2) is 11.1 Å². The van der Waals surface area contributed by atoms with E-state index in [9.17, 15) is 0 Å². The lowest BCUT2D eigenvalue weighted by Crippen LogP contribution is -2.39. The lowest BCUT2D eigenvalue weighted by Gasteiger charge is -2.43. The monoisotopic (exact) mass is 234 g/mol. The van der Waals surface area contributed by atoms with Crippen molar-refractivity contribution >= 4 is 5.69 Å². The molecule has 0 radical (unpaired) electrons. The maximum atomic E-state index is 6.14. The highest BCUT2D eigenvalue weighted by molar-refractivity contribution is 5.45. The second-order valence-electron chi connectivity index (χ2n) is 5.34. The van der Waals surface area contributed by atoms with E-state index in [0.717, 1.165) is 11.3 Å². The average Bonchev–Trinajstić information content (AvgIpc) is 2.32. The van der Waals surface area contributed by atoms with E-state index in [1.54, 1.807) is 12.4 Å². The van der Waals surface area contributed by atoms with Gasteiger partial charge in [-0.05, 0) is 30.7 Å². The molecule has 2 heterocycles. The topological polar surface area (TPSA) is 48.1 Å². The fourth-order valence-electron chi connectivity index (χ4n) is 2.69. The van der Waals surface area contributed by atoms with E-state index in [2.05, 4.69) is 32.7 Å². The second kappa shape index (κ2) is 4.65. The molecule has 94 valence electrons. The van der Waals surface area contributed by atoms with Gasteiger partial charge in [0, 0.05) is 11.8 Å². The summed E-state index contributed by atoms with van der Waals surface area (Å²) < 4.78 is 6.14. The van der Waals surface area contributed by atoms with E-state index in [1.165, 1.54) is 0 Å². The van der Waals surface area contributed by atoms with Gasteiger partial charge in [0.15, 0.2) is 0 Å². The van der Waals surface area contributed by atoms with Gasteiger partial charge in [-0.2, -0.15) is 0 Å². The number of nitrogens with zero attached hydrogens (tertiary/aromatic N) is 1. The van der Waals surface area contributed by atoms with Crippen molar-refractivity contribution in [3.63, 3.8) is 0 Å². The molecule has 3 nitrogen and oxygen atoms in total. The fraction of sp³-hybridized carbons (Fsp3) is 0.643. The normalized spacial score (nSPS) is 38.0. The molecule has 1 aromatic heterocycles. The van der Waals surface area contributed by atoms with Gasteiger partial charge in [0.2, 0.25) is 0 Å². The Hall–Kier alpha value is -1.09. The van der Waals surface area contributed by atoms with Crippen LogP contribution in [-0.2, 0) is 4.74 Å². The van der Waals surface area contributed by atoms with Crippen LogP contribution in [0.15, 0.2) is 18.5 Å². The van der Waals surface area contributed by atoms with Gasteiger partial charge in [-0.25, -0.2) is 0 Å². The first-order valence-electron chi connectivity index (χ1n) is 6.37. The van der Waals surface area contributed by atoms with Crippen molar-refractivity contribution in [2.24, 2.45) is 17.8 Å². The Kier molecular flexibility index (Phi) is 3.38. The van der Waals surface area contributed by atoms with Crippen LogP contribution in [0.4, 0.5) is 5.69 Å². The Balaban J connectivity index is 2.30. The number of rotatable bonds is 1. The number of pyridine rings is 1. The summed E-state index contributed by atoms with van der Waals surface area (Å²) in [6.45, 7) is 8.96. The Morgan fingerprint density at radius 3 is 2.47 bits per heavy atom. The molecule has 0 aromatic carbocycles. The zero-order valence-corrected chi connectivity index (χ0v) is 11.1. The minimum absolute atomic E-state index is 0.0965. The lowest BCUT2D eigenvalue weighted by atomic mass is 9.75. The number of ether oxygens (including phenoxy) is 1. The van der Waals surface area contributed by atoms with Crippen molar-refractivity contribution in [3.05, 3.63) is 24.0 Å². The third-order valence-corrected chi connectivity index (χ3v) is 4.43. The van der Waals surface area contributed by atoms with Crippen LogP contribution in [0.3, 0.4) is 0 Å². The Bertz CT molecular complexity index is 394. The molecule has 2 N–H and O–H groups in total. The predicted octanol–water partition coefficient (Wildman–Crippen LogP) is 3.03. The first-order chi connectivity index (χ1) is 8.02. The van der Waals surface area contributed by atoms with Gasteiger partial charge in [0.05, 0.1) is 24.1 Å². The first kappa shape index (κ1) is 12.4. The van der Waals surface area contributed by atoms with Crippen LogP contribution in [0.2, 0.25) is 0 Å². The quantitative estimate of drug-likeness (QED) is 0.812. The Labute approximate surface area is 103 Å². The highest BCUT2D eigenvalue weighted by atomic mass is 16.5. The standard InChI is InChI=1S/C14H22N2O/c1-8-9(2)11(4)17-14(10(8)3)12-5-6-16-7-13(12)15/h5-11,14H,15H2,1-4H3/t8-,9-,10-,11+,14+/m0/s1. The average molecular weight is 234 g/mol. The zero-order chi connectivity index (χ0) is 12.6. The van der Waals surface area contributed by atoms with E-state index >= 15 is 0 Å². The van der Waals surface area contributed by atoms with Gasteiger partial charge in [-0.15, -0.1) is 0 Å². The van der Waals surface area contributed by atoms with Gasteiger partial charge in [-0.3, -0.25) is 4.98 Å². The molecule has 2 rings (SSSR count). The second-order valence-corrected chi connectivity index (χ2v) is 5.34. The molecule has 0 spiro atoms. The van der Waals surface area contributed by atoms with E-state index in [0.29, 0.717) is 17.8 Å². The number of hydrogen-bond acceptors (Lipinski definition) is 3. The maximum absolute atomic E-state index is 6.14. The number of nitrogen functional groups attached to an aromatic ring is 1. The van der Waals surface area contributed by atoms with Crippen molar-refractivity contribution in [2.45, 2.75) is 39.9 Å². The summed E-state index contributed by atoms with van der Waals surface area (Å²) in [6.07, 6.45) is 3.87. The summed E-state index contributed by atoms with van der Waals surface area (Å²) in [5, 5.41) is 0.